The van der Waals surface area contributed by atoms with Gasteiger partial charge in [-0.05, 0) is 48.7 Å². The lowest BCUT2D eigenvalue weighted by molar-refractivity contribution is 0.0735. The van der Waals surface area contributed by atoms with Crippen molar-refractivity contribution in [1.29, 1.82) is 0 Å². The standard InChI is InChI=1S/C17H15Cl2NO/c18-14-8-6-12(7-9-14)16-5-2-10-20(16)17(21)13-3-1-4-15(19)11-13/h1,3-4,6-9,11,16H,2,5,10H2/t16-/m1/s1. The van der Waals surface area contributed by atoms with Crippen LogP contribution in [0, 0.1) is 0 Å². The first-order chi connectivity index (χ1) is 10.1. The first kappa shape index (κ1) is 14.4. The van der Waals surface area contributed by atoms with E-state index in [9.17, 15) is 4.79 Å². The van der Waals surface area contributed by atoms with Gasteiger partial charge in [-0.25, -0.2) is 0 Å². The van der Waals surface area contributed by atoms with Gasteiger partial charge in [0, 0.05) is 22.2 Å². The van der Waals surface area contributed by atoms with Crippen LogP contribution < -0.4 is 0 Å². The molecule has 2 aromatic rings. The Morgan fingerprint density at radius 1 is 1.05 bits per heavy atom. The van der Waals surface area contributed by atoms with Gasteiger partial charge in [-0.3, -0.25) is 4.79 Å². The number of benzene rings is 2. The Morgan fingerprint density at radius 3 is 2.52 bits per heavy atom. The molecule has 0 unspecified atom stereocenters. The second-order valence-corrected chi connectivity index (χ2v) is 6.09. The third-order valence-electron chi connectivity index (χ3n) is 3.84. The van der Waals surface area contributed by atoms with E-state index in [1.54, 1.807) is 12.1 Å². The summed E-state index contributed by atoms with van der Waals surface area (Å²) in [6, 6.07) is 15.0. The molecule has 21 heavy (non-hydrogen) atoms. The fraction of sp³-hybridized carbons (Fsp3) is 0.235. The zero-order valence-electron chi connectivity index (χ0n) is 11.4. The van der Waals surface area contributed by atoms with Crippen molar-refractivity contribution in [2.75, 3.05) is 6.54 Å². The molecule has 0 aliphatic carbocycles. The molecule has 0 saturated carbocycles. The van der Waals surface area contributed by atoms with Gasteiger partial charge in [-0.15, -0.1) is 0 Å². The van der Waals surface area contributed by atoms with Crippen molar-refractivity contribution < 1.29 is 4.79 Å². The minimum absolute atomic E-state index is 0.0370. The molecule has 0 aromatic heterocycles. The van der Waals surface area contributed by atoms with E-state index in [-0.39, 0.29) is 11.9 Å². The van der Waals surface area contributed by atoms with Gasteiger partial charge in [0.15, 0.2) is 0 Å². The van der Waals surface area contributed by atoms with Crippen LogP contribution in [0.2, 0.25) is 10.0 Å². The van der Waals surface area contributed by atoms with E-state index in [4.69, 9.17) is 23.2 Å². The van der Waals surface area contributed by atoms with Gasteiger partial charge in [-0.2, -0.15) is 0 Å². The highest BCUT2D eigenvalue weighted by Crippen LogP contribution is 2.33. The Labute approximate surface area is 134 Å². The van der Waals surface area contributed by atoms with Crippen molar-refractivity contribution in [2.24, 2.45) is 0 Å². The van der Waals surface area contributed by atoms with Crippen LogP contribution in [0.3, 0.4) is 0 Å². The van der Waals surface area contributed by atoms with Crippen LogP contribution in [0.25, 0.3) is 0 Å². The fourth-order valence-corrected chi connectivity index (χ4v) is 3.14. The number of rotatable bonds is 2. The molecule has 1 amide bonds. The molecule has 4 heteroatoms. The van der Waals surface area contributed by atoms with E-state index in [0.717, 1.165) is 24.9 Å². The second kappa shape index (κ2) is 6.08. The van der Waals surface area contributed by atoms with Crippen LogP contribution >= 0.6 is 23.2 Å². The zero-order valence-corrected chi connectivity index (χ0v) is 12.9. The predicted molar refractivity (Wildman–Crippen MR) is 85.9 cm³/mol. The van der Waals surface area contributed by atoms with Gasteiger partial charge in [0.05, 0.1) is 6.04 Å². The van der Waals surface area contributed by atoms with Crippen LogP contribution in [-0.2, 0) is 0 Å². The maximum atomic E-state index is 12.7. The van der Waals surface area contributed by atoms with Crippen molar-refractivity contribution in [3.05, 3.63) is 69.7 Å². The molecule has 108 valence electrons. The Kier molecular flexibility index (Phi) is 4.18. The molecule has 1 aliphatic rings. The first-order valence-corrected chi connectivity index (χ1v) is 7.73. The lowest BCUT2D eigenvalue weighted by Crippen LogP contribution is -2.30. The van der Waals surface area contributed by atoms with Crippen LogP contribution in [0.1, 0.15) is 34.8 Å². The van der Waals surface area contributed by atoms with E-state index in [0.29, 0.717) is 15.6 Å². The summed E-state index contributed by atoms with van der Waals surface area (Å²) in [4.78, 5) is 14.6. The SMILES string of the molecule is O=C(c1cccc(Cl)c1)N1CCC[C@@H]1c1ccc(Cl)cc1. The summed E-state index contributed by atoms with van der Waals surface area (Å²) in [7, 11) is 0. The summed E-state index contributed by atoms with van der Waals surface area (Å²) in [5, 5.41) is 1.30. The Morgan fingerprint density at radius 2 is 1.81 bits per heavy atom. The molecule has 1 saturated heterocycles. The average molecular weight is 320 g/mol. The van der Waals surface area contributed by atoms with Gasteiger partial charge in [0.2, 0.25) is 0 Å². The summed E-state index contributed by atoms with van der Waals surface area (Å²) in [5.74, 6) is 0.0370. The number of amides is 1. The smallest absolute Gasteiger partial charge is 0.254 e. The Balaban J connectivity index is 1.87. The summed E-state index contributed by atoms with van der Waals surface area (Å²) >= 11 is 11.9. The maximum Gasteiger partial charge on any atom is 0.254 e. The van der Waals surface area contributed by atoms with Crippen molar-refractivity contribution >= 4 is 29.1 Å². The lowest BCUT2D eigenvalue weighted by Gasteiger charge is -2.25. The quantitative estimate of drug-likeness (QED) is 0.765. The van der Waals surface area contributed by atoms with Crippen molar-refractivity contribution in [3.8, 4) is 0 Å². The molecule has 0 spiro atoms. The van der Waals surface area contributed by atoms with Crippen molar-refractivity contribution in [1.82, 2.24) is 4.90 Å². The monoisotopic (exact) mass is 319 g/mol. The molecular weight excluding hydrogens is 305 g/mol. The molecule has 0 N–H and O–H groups in total. The summed E-state index contributed by atoms with van der Waals surface area (Å²) in [5.41, 5.74) is 1.77. The van der Waals surface area contributed by atoms with Gasteiger partial charge in [-0.1, -0.05) is 41.4 Å². The zero-order chi connectivity index (χ0) is 14.8. The number of likely N-dealkylation sites (tertiary alicyclic amines) is 1. The Hall–Kier alpha value is -1.51. The lowest BCUT2D eigenvalue weighted by atomic mass is 10.0. The molecule has 1 fully saturated rings. The third kappa shape index (κ3) is 3.07. The largest absolute Gasteiger partial charge is 0.332 e. The minimum Gasteiger partial charge on any atom is -0.332 e. The average Bonchev–Trinajstić information content (AvgIpc) is 2.96. The van der Waals surface area contributed by atoms with Crippen molar-refractivity contribution in [3.63, 3.8) is 0 Å². The molecule has 0 radical (unpaired) electrons. The van der Waals surface area contributed by atoms with Gasteiger partial charge >= 0.3 is 0 Å². The van der Waals surface area contributed by atoms with Crippen molar-refractivity contribution in [2.45, 2.75) is 18.9 Å². The van der Waals surface area contributed by atoms with Crippen LogP contribution in [0.4, 0.5) is 0 Å². The second-order valence-electron chi connectivity index (χ2n) is 5.22. The van der Waals surface area contributed by atoms with Gasteiger partial charge in [0.25, 0.3) is 5.91 Å². The van der Waals surface area contributed by atoms with E-state index < -0.39 is 0 Å². The fourth-order valence-electron chi connectivity index (χ4n) is 2.83. The minimum atomic E-state index is 0.0370. The first-order valence-electron chi connectivity index (χ1n) is 6.97. The molecule has 2 nitrogen and oxygen atoms in total. The van der Waals surface area contributed by atoms with Crippen LogP contribution in [0.15, 0.2) is 48.5 Å². The van der Waals surface area contributed by atoms with E-state index in [2.05, 4.69) is 0 Å². The highest BCUT2D eigenvalue weighted by molar-refractivity contribution is 6.31. The predicted octanol–water partition coefficient (Wildman–Crippen LogP) is 4.97. The highest BCUT2D eigenvalue weighted by atomic mass is 35.5. The van der Waals surface area contributed by atoms with E-state index >= 15 is 0 Å². The molecule has 2 aromatic carbocycles. The van der Waals surface area contributed by atoms with Gasteiger partial charge < -0.3 is 4.90 Å². The normalized spacial score (nSPS) is 18.0. The number of halogens is 2. The summed E-state index contributed by atoms with van der Waals surface area (Å²) < 4.78 is 0. The topological polar surface area (TPSA) is 20.3 Å². The Bertz CT molecular complexity index is 654. The number of nitrogens with zero attached hydrogens (tertiary/aromatic N) is 1. The van der Waals surface area contributed by atoms with Crippen LogP contribution in [0.5, 0.6) is 0 Å². The number of carbonyl (C=O) groups is 1. The molecule has 1 atom stereocenters. The highest BCUT2D eigenvalue weighted by Gasteiger charge is 2.30. The number of carbonyl (C=O) groups excluding carboxylic acids is 1. The summed E-state index contributed by atoms with van der Waals surface area (Å²) in [6.07, 6.45) is 1.99. The molecule has 1 aliphatic heterocycles. The number of hydrogen-bond donors (Lipinski definition) is 0. The van der Waals surface area contributed by atoms with Gasteiger partial charge in [0.1, 0.15) is 0 Å². The maximum absolute atomic E-state index is 12.7. The number of hydrogen-bond acceptors (Lipinski definition) is 1. The van der Waals surface area contributed by atoms with E-state index in [1.807, 2.05) is 41.3 Å². The molecule has 1 heterocycles. The van der Waals surface area contributed by atoms with Crippen LogP contribution in [-0.4, -0.2) is 17.4 Å². The molecule has 3 rings (SSSR count). The summed E-state index contributed by atoms with van der Waals surface area (Å²) in [6.45, 7) is 0.776. The molecular formula is C17H15Cl2NO. The molecule has 0 bridgehead atoms. The van der Waals surface area contributed by atoms with E-state index in [1.165, 1.54) is 0 Å². The third-order valence-corrected chi connectivity index (χ3v) is 4.33.